The lowest BCUT2D eigenvalue weighted by atomic mass is 9.78. The van der Waals surface area contributed by atoms with Crippen LogP contribution in [-0.2, 0) is 11.2 Å². The fourth-order valence-corrected chi connectivity index (χ4v) is 6.46. The Balaban J connectivity index is 1.33. The van der Waals surface area contributed by atoms with Gasteiger partial charge in [0.15, 0.2) is 0 Å². The Morgan fingerprint density at radius 3 is 2.00 bits per heavy atom. The molecule has 0 heterocycles. The van der Waals surface area contributed by atoms with Crippen LogP contribution in [0.25, 0.3) is 11.1 Å². The fourth-order valence-electron chi connectivity index (χ4n) is 6.46. The van der Waals surface area contributed by atoms with Crippen molar-refractivity contribution in [1.29, 1.82) is 0 Å². The van der Waals surface area contributed by atoms with Crippen molar-refractivity contribution in [2.45, 2.75) is 96.8 Å². The molecule has 2 saturated carbocycles. The lowest BCUT2D eigenvalue weighted by Crippen LogP contribution is -2.17. The Hall–Kier alpha value is -1.74. The van der Waals surface area contributed by atoms with Gasteiger partial charge in [-0.3, -0.25) is 0 Å². The van der Waals surface area contributed by atoms with Gasteiger partial charge in [-0.15, -0.1) is 0 Å². The van der Waals surface area contributed by atoms with Crippen LogP contribution >= 0.6 is 0 Å². The maximum absolute atomic E-state index is 15.0. The molecule has 0 aliphatic heterocycles. The molecule has 2 aromatic rings. The number of halogens is 2. The molecule has 0 N–H and O–H groups in total. The highest BCUT2D eigenvalue weighted by Crippen LogP contribution is 2.37. The zero-order chi connectivity index (χ0) is 24.6. The third-order valence-corrected chi connectivity index (χ3v) is 8.72. The molecule has 192 valence electrons. The summed E-state index contributed by atoms with van der Waals surface area (Å²) in [4.78, 5) is 0. The molecular formula is C32H44F2O. The lowest BCUT2D eigenvalue weighted by Gasteiger charge is -2.28. The van der Waals surface area contributed by atoms with Crippen molar-refractivity contribution in [2.75, 3.05) is 13.2 Å². The molecule has 2 aromatic carbocycles. The predicted molar refractivity (Wildman–Crippen MR) is 142 cm³/mol. The Bertz CT molecular complexity index is 906. The number of hydrogen-bond donors (Lipinski definition) is 0. The average molecular weight is 483 g/mol. The first-order valence-corrected chi connectivity index (χ1v) is 14.2. The van der Waals surface area contributed by atoms with Gasteiger partial charge in [-0.2, -0.15) is 0 Å². The topological polar surface area (TPSA) is 9.23 Å². The summed E-state index contributed by atoms with van der Waals surface area (Å²) < 4.78 is 35.6. The van der Waals surface area contributed by atoms with Gasteiger partial charge in [0.2, 0.25) is 0 Å². The van der Waals surface area contributed by atoms with E-state index in [1.165, 1.54) is 81.9 Å². The van der Waals surface area contributed by atoms with Crippen molar-refractivity contribution in [2.24, 2.45) is 17.8 Å². The van der Waals surface area contributed by atoms with Crippen molar-refractivity contribution in [3.8, 4) is 11.1 Å². The van der Waals surface area contributed by atoms with Crippen molar-refractivity contribution >= 4 is 0 Å². The van der Waals surface area contributed by atoms with Gasteiger partial charge in [0.25, 0.3) is 0 Å². The first-order valence-electron chi connectivity index (χ1n) is 14.2. The van der Waals surface area contributed by atoms with E-state index < -0.39 is 0 Å². The average Bonchev–Trinajstić information content (AvgIpc) is 2.89. The van der Waals surface area contributed by atoms with Crippen LogP contribution in [0.5, 0.6) is 0 Å². The molecule has 0 spiro atoms. The van der Waals surface area contributed by atoms with E-state index in [0.29, 0.717) is 35.3 Å². The van der Waals surface area contributed by atoms with E-state index in [1.54, 1.807) is 0 Å². The second kappa shape index (κ2) is 13.0. The number of hydrogen-bond acceptors (Lipinski definition) is 1. The summed E-state index contributed by atoms with van der Waals surface area (Å²) >= 11 is 0. The van der Waals surface area contributed by atoms with Gasteiger partial charge in [-0.1, -0.05) is 69.7 Å². The van der Waals surface area contributed by atoms with E-state index in [4.69, 9.17) is 4.74 Å². The Kier molecular flexibility index (Phi) is 9.77. The number of aryl methyl sites for hydroxylation is 1. The second-order valence-electron chi connectivity index (χ2n) is 11.1. The number of ether oxygens (including phenoxy) is 1. The van der Waals surface area contributed by atoms with E-state index in [1.807, 2.05) is 12.1 Å². The van der Waals surface area contributed by atoms with Crippen molar-refractivity contribution in [3.63, 3.8) is 0 Å². The molecule has 0 aromatic heterocycles. The minimum absolute atomic E-state index is 0.266. The zero-order valence-electron chi connectivity index (χ0n) is 21.8. The maximum atomic E-state index is 15.0. The van der Waals surface area contributed by atoms with Crippen molar-refractivity contribution in [1.82, 2.24) is 0 Å². The van der Waals surface area contributed by atoms with E-state index in [2.05, 4.69) is 26.0 Å². The van der Waals surface area contributed by atoms with Crippen LogP contribution in [0.2, 0.25) is 0 Å². The summed E-state index contributed by atoms with van der Waals surface area (Å²) in [6.07, 6.45) is 14.1. The van der Waals surface area contributed by atoms with E-state index in [-0.39, 0.29) is 11.6 Å². The summed E-state index contributed by atoms with van der Waals surface area (Å²) in [6.45, 7) is 5.98. The first-order chi connectivity index (χ1) is 17.1. The highest BCUT2D eigenvalue weighted by Gasteiger charge is 2.23. The van der Waals surface area contributed by atoms with E-state index in [9.17, 15) is 4.39 Å². The molecule has 2 fully saturated rings. The third-order valence-electron chi connectivity index (χ3n) is 8.72. The van der Waals surface area contributed by atoms with Crippen molar-refractivity contribution < 1.29 is 13.5 Å². The van der Waals surface area contributed by atoms with Gasteiger partial charge < -0.3 is 4.74 Å². The molecule has 0 saturated heterocycles. The molecule has 0 radical (unpaired) electrons. The standard InChI is InChI=1S/C32H44F2O/c1-3-5-23-6-8-24(9-7-23)10-15-29-20-32(34)30(21-31(29)33)28-18-16-27(17-19-28)26-13-11-25(12-14-26)22-35-4-2/h16-21,23-26H,3-15,22H2,1-2H3. The first kappa shape index (κ1) is 26.3. The largest absolute Gasteiger partial charge is 0.381 e. The molecule has 35 heavy (non-hydrogen) atoms. The van der Waals surface area contributed by atoms with Gasteiger partial charge in [-0.05, 0) is 97.9 Å². The molecule has 3 heteroatoms. The summed E-state index contributed by atoms with van der Waals surface area (Å²) in [5.74, 6) is 2.20. The molecule has 0 atom stereocenters. The van der Waals surface area contributed by atoms with Crippen LogP contribution < -0.4 is 0 Å². The van der Waals surface area contributed by atoms with Gasteiger partial charge in [0.05, 0.1) is 0 Å². The van der Waals surface area contributed by atoms with Gasteiger partial charge >= 0.3 is 0 Å². The normalized spacial score (nSPS) is 25.0. The smallest absolute Gasteiger partial charge is 0.131 e. The van der Waals surface area contributed by atoms with Crippen LogP contribution in [-0.4, -0.2) is 13.2 Å². The third kappa shape index (κ3) is 7.15. The minimum Gasteiger partial charge on any atom is -0.381 e. The highest BCUT2D eigenvalue weighted by atomic mass is 19.1. The Morgan fingerprint density at radius 1 is 0.743 bits per heavy atom. The van der Waals surface area contributed by atoms with Gasteiger partial charge in [-0.25, -0.2) is 8.78 Å². The zero-order valence-corrected chi connectivity index (χ0v) is 21.8. The molecule has 1 nitrogen and oxygen atoms in total. The molecule has 4 rings (SSSR count). The Morgan fingerprint density at radius 2 is 1.37 bits per heavy atom. The Labute approximate surface area is 211 Å². The maximum Gasteiger partial charge on any atom is 0.131 e. The second-order valence-corrected chi connectivity index (χ2v) is 11.1. The lowest BCUT2D eigenvalue weighted by molar-refractivity contribution is 0.0920. The predicted octanol–water partition coefficient (Wildman–Crippen LogP) is 9.48. The highest BCUT2D eigenvalue weighted by molar-refractivity contribution is 5.65. The molecule has 0 unspecified atom stereocenters. The van der Waals surface area contributed by atoms with Crippen LogP contribution in [0.1, 0.15) is 102 Å². The number of benzene rings is 2. The minimum atomic E-state index is -0.308. The van der Waals surface area contributed by atoms with Crippen LogP contribution in [0.15, 0.2) is 36.4 Å². The summed E-state index contributed by atoms with van der Waals surface area (Å²) in [7, 11) is 0. The van der Waals surface area contributed by atoms with Crippen molar-refractivity contribution in [3.05, 3.63) is 59.2 Å². The summed E-state index contributed by atoms with van der Waals surface area (Å²) in [5.41, 5.74) is 2.98. The number of rotatable bonds is 10. The quantitative estimate of drug-likeness (QED) is 0.328. The van der Waals surface area contributed by atoms with E-state index in [0.717, 1.165) is 31.1 Å². The van der Waals surface area contributed by atoms with Crippen LogP contribution in [0.4, 0.5) is 8.78 Å². The fraction of sp³-hybridized carbons (Fsp3) is 0.625. The van der Waals surface area contributed by atoms with Gasteiger partial charge in [0.1, 0.15) is 11.6 Å². The molecular weight excluding hydrogens is 438 g/mol. The molecule has 2 aliphatic carbocycles. The monoisotopic (exact) mass is 482 g/mol. The molecule has 2 aliphatic rings. The molecule has 0 amide bonds. The summed E-state index contributed by atoms with van der Waals surface area (Å²) in [5, 5.41) is 0. The van der Waals surface area contributed by atoms with Crippen LogP contribution in [0, 0.1) is 29.4 Å². The van der Waals surface area contributed by atoms with Crippen LogP contribution in [0.3, 0.4) is 0 Å². The summed E-state index contributed by atoms with van der Waals surface area (Å²) in [6, 6.07) is 11.0. The van der Waals surface area contributed by atoms with E-state index >= 15 is 4.39 Å². The SMILES string of the molecule is CCCC1CCC(CCc2cc(F)c(-c3ccc(C4CCC(COCC)CC4)cc3)cc2F)CC1. The van der Waals surface area contributed by atoms with Gasteiger partial charge in [0, 0.05) is 18.8 Å². The molecule has 0 bridgehead atoms.